The number of hydrogen-bond acceptors (Lipinski definition) is 5. The number of rotatable bonds is 5. The van der Waals surface area contributed by atoms with E-state index in [0.29, 0.717) is 12.4 Å². The zero-order valence-electron chi connectivity index (χ0n) is 14.5. The number of pyridine rings is 1. The second-order valence-electron chi connectivity index (χ2n) is 5.79. The number of methoxy groups -OCH3 is 1. The lowest BCUT2D eigenvalue weighted by Crippen LogP contribution is -2.14. The Morgan fingerprint density at radius 1 is 1.28 bits per heavy atom. The summed E-state index contributed by atoms with van der Waals surface area (Å²) in [6, 6.07) is 7.97. The first-order chi connectivity index (χ1) is 12.0. The van der Waals surface area contributed by atoms with Crippen molar-refractivity contribution >= 4 is 39.6 Å². The topological polar surface area (TPSA) is 86.1 Å². The Bertz CT molecular complexity index is 962. The molecule has 1 N–H and O–H groups in total. The zero-order chi connectivity index (χ0) is 18.0. The molecule has 130 valence electrons. The summed E-state index contributed by atoms with van der Waals surface area (Å²) in [7, 11) is 1.30. The molecule has 0 aliphatic rings. The first-order valence-electron chi connectivity index (χ1n) is 8.17. The number of aromatic nitrogens is 3. The van der Waals surface area contributed by atoms with Gasteiger partial charge in [-0.1, -0.05) is 18.2 Å². The molecule has 25 heavy (non-hydrogen) atoms. The van der Waals surface area contributed by atoms with E-state index in [1.165, 1.54) is 7.11 Å². The molecule has 7 heteroatoms. The second-order valence-corrected chi connectivity index (χ2v) is 5.79. The van der Waals surface area contributed by atoms with Gasteiger partial charge in [-0.3, -0.25) is 9.59 Å². The summed E-state index contributed by atoms with van der Waals surface area (Å²) in [4.78, 5) is 28.0. The van der Waals surface area contributed by atoms with Crippen molar-refractivity contribution in [3.63, 3.8) is 0 Å². The Balaban J connectivity index is 1.98. The van der Waals surface area contributed by atoms with Crippen LogP contribution in [0, 0.1) is 6.92 Å². The number of ether oxygens (including phenoxy) is 1. The molecule has 1 amide bonds. The minimum atomic E-state index is -0.415. The molecule has 3 rings (SSSR count). The van der Waals surface area contributed by atoms with Crippen molar-refractivity contribution in [3.8, 4) is 0 Å². The first kappa shape index (κ1) is 16.9. The lowest BCUT2D eigenvalue weighted by atomic mass is 10.1. The van der Waals surface area contributed by atoms with Crippen LogP contribution in [0.4, 0.5) is 5.82 Å². The van der Waals surface area contributed by atoms with Gasteiger partial charge in [-0.15, -0.1) is 0 Å². The highest BCUT2D eigenvalue weighted by atomic mass is 16.5. The first-order valence-corrected chi connectivity index (χ1v) is 8.17. The van der Waals surface area contributed by atoms with Crippen LogP contribution in [0.5, 0.6) is 0 Å². The lowest BCUT2D eigenvalue weighted by molar-refractivity contribution is -0.141. The number of carbonyl (C=O) groups excluding carboxylic acids is 2. The largest absolute Gasteiger partial charge is 0.469 e. The average molecular weight is 340 g/mol. The molecule has 2 aromatic heterocycles. The molecule has 0 bridgehead atoms. The van der Waals surface area contributed by atoms with Gasteiger partial charge >= 0.3 is 5.97 Å². The van der Waals surface area contributed by atoms with Crippen molar-refractivity contribution in [2.75, 3.05) is 12.4 Å². The van der Waals surface area contributed by atoms with Gasteiger partial charge in [0.05, 0.1) is 24.4 Å². The number of para-hydroxylation sites is 1. The van der Waals surface area contributed by atoms with Gasteiger partial charge in [0.25, 0.3) is 0 Å². The maximum atomic E-state index is 12.1. The molecule has 1 aromatic carbocycles. The predicted octanol–water partition coefficient (Wildman–Crippen LogP) is 2.80. The SMILES string of the molecule is CCn1nc(NC(=O)CCC(=O)OC)c2cc3cccc(C)c3nc21. The third-order valence-electron chi connectivity index (χ3n) is 4.09. The summed E-state index contributed by atoms with van der Waals surface area (Å²) >= 11 is 0. The fourth-order valence-electron chi connectivity index (χ4n) is 2.76. The number of hydrogen-bond donors (Lipinski definition) is 1. The van der Waals surface area contributed by atoms with Crippen molar-refractivity contribution in [1.82, 2.24) is 14.8 Å². The molecule has 0 unspecified atom stereocenters. The highest BCUT2D eigenvalue weighted by Crippen LogP contribution is 2.27. The molecule has 0 aliphatic carbocycles. The predicted molar refractivity (Wildman–Crippen MR) is 95.3 cm³/mol. The number of benzene rings is 1. The quantitative estimate of drug-likeness (QED) is 0.722. The minimum Gasteiger partial charge on any atom is -0.469 e. The van der Waals surface area contributed by atoms with Crippen LogP contribution in [0.1, 0.15) is 25.3 Å². The average Bonchev–Trinajstić information content (AvgIpc) is 2.95. The smallest absolute Gasteiger partial charge is 0.306 e. The second kappa shape index (κ2) is 6.88. The van der Waals surface area contributed by atoms with E-state index < -0.39 is 5.97 Å². The minimum absolute atomic E-state index is 0.0368. The Labute approximate surface area is 145 Å². The fourth-order valence-corrected chi connectivity index (χ4v) is 2.76. The van der Waals surface area contributed by atoms with Crippen LogP contribution < -0.4 is 5.32 Å². The van der Waals surface area contributed by atoms with E-state index in [4.69, 9.17) is 4.98 Å². The number of aryl methyl sites for hydroxylation is 2. The number of fused-ring (bicyclic) bond motifs is 2. The third kappa shape index (κ3) is 3.31. The van der Waals surface area contributed by atoms with Crippen LogP contribution in [-0.4, -0.2) is 33.8 Å². The number of amides is 1. The summed E-state index contributed by atoms with van der Waals surface area (Å²) in [6.45, 7) is 4.63. The number of nitrogens with one attached hydrogen (secondary N) is 1. The normalized spacial score (nSPS) is 11.0. The third-order valence-corrected chi connectivity index (χ3v) is 4.09. The molecule has 0 spiro atoms. The molecular weight excluding hydrogens is 320 g/mol. The van der Waals surface area contributed by atoms with Crippen LogP contribution in [0.3, 0.4) is 0 Å². The van der Waals surface area contributed by atoms with E-state index in [2.05, 4.69) is 15.2 Å². The molecule has 0 aliphatic heterocycles. The van der Waals surface area contributed by atoms with E-state index in [-0.39, 0.29) is 18.7 Å². The van der Waals surface area contributed by atoms with E-state index in [1.807, 2.05) is 38.1 Å². The molecular formula is C18H20N4O3. The Kier molecular flexibility index (Phi) is 4.65. The number of carbonyl (C=O) groups is 2. The van der Waals surface area contributed by atoms with E-state index in [9.17, 15) is 9.59 Å². The van der Waals surface area contributed by atoms with Crippen LogP contribution in [0.2, 0.25) is 0 Å². The maximum absolute atomic E-state index is 12.1. The highest BCUT2D eigenvalue weighted by Gasteiger charge is 2.16. The van der Waals surface area contributed by atoms with Crippen LogP contribution >= 0.6 is 0 Å². The summed E-state index contributed by atoms with van der Waals surface area (Å²) in [5.74, 6) is -0.234. The monoisotopic (exact) mass is 340 g/mol. The van der Waals surface area contributed by atoms with Gasteiger partial charge in [0.1, 0.15) is 0 Å². The molecule has 3 aromatic rings. The summed E-state index contributed by atoms with van der Waals surface area (Å²) in [6.07, 6.45) is 0.0857. The molecule has 2 heterocycles. The van der Waals surface area contributed by atoms with Crippen LogP contribution in [-0.2, 0) is 20.9 Å². The molecule has 0 saturated heterocycles. The van der Waals surface area contributed by atoms with Crippen molar-refractivity contribution in [2.45, 2.75) is 33.2 Å². The van der Waals surface area contributed by atoms with E-state index in [1.54, 1.807) is 4.68 Å². The van der Waals surface area contributed by atoms with Crippen molar-refractivity contribution < 1.29 is 14.3 Å². The van der Waals surface area contributed by atoms with Crippen LogP contribution in [0.15, 0.2) is 24.3 Å². The molecule has 0 saturated carbocycles. The van der Waals surface area contributed by atoms with Gasteiger partial charge in [-0.05, 0) is 25.5 Å². The number of anilines is 1. The fraction of sp³-hybridized carbons (Fsp3) is 0.333. The van der Waals surface area contributed by atoms with Crippen molar-refractivity contribution in [2.24, 2.45) is 0 Å². The summed E-state index contributed by atoms with van der Waals surface area (Å²) in [5, 5.41) is 9.01. The maximum Gasteiger partial charge on any atom is 0.306 e. The Morgan fingerprint density at radius 2 is 2.08 bits per heavy atom. The van der Waals surface area contributed by atoms with Gasteiger partial charge < -0.3 is 10.1 Å². The van der Waals surface area contributed by atoms with Crippen molar-refractivity contribution in [3.05, 3.63) is 29.8 Å². The molecule has 0 fully saturated rings. The van der Waals surface area contributed by atoms with Gasteiger partial charge in [0.2, 0.25) is 5.91 Å². The zero-order valence-corrected chi connectivity index (χ0v) is 14.5. The van der Waals surface area contributed by atoms with Gasteiger partial charge in [0, 0.05) is 18.4 Å². The van der Waals surface area contributed by atoms with Gasteiger partial charge in [-0.25, -0.2) is 9.67 Å². The van der Waals surface area contributed by atoms with Crippen LogP contribution in [0.25, 0.3) is 21.9 Å². The van der Waals surface area contributed by atoms with E-state index >= 15 is 0 Å². The van der Waals surface area contributed by atoms with Gasteiger partial charge in [-0.2, -0.15) is 5.10 Å². The Morgan fingerprint density at radius 3 is 2.80 bits per heavy atom. The summed E-state index contributed by atoms with van der Waals surface area (Å²) < 4.78 is 6.31. The number of esters is 1. The lowest BCUT2D eigenvalue weighted by Gasteiger charge is -2.04. The molecule has 0 atom stereocenters. The number of nitrogens with zero attached hydrogens (tertiary/aromatic N) is 3. The van der Waals surface area contributed by atoms with Crippen molar-refractivity contribution in [1.29, 1.82) is 0 Å². The molecule has 0 radical (unpaired) electrons. The summed E-state index contributed by atoms with van der Waals surface area (Å²) in [5.41, 5.74) is 2.74. The van der Waals surface area contributed by atoms with Gasteiger partial charge in [0.15, 0.2) is 11.5 Å². The highest BCUT2D eigenvalue weighted by molar-refractivity contribution is 6.03. The van der Waals surface area contributed by atoms with E-state index in [0.717, 1.165) is 27.5 Å². The molecule has 7 nitrogen and oxygen atoms in total. The Hall–Kier alpha value is -2.96. The standard InChI is InChI=1S/C18H20N4O3/c1-4-22-18-13(10-12-7-5-6-11(2)16(12)20-18)17(21-22)19-14(23)8-9-15(24)25-3/h5-7,10H,4,8-9H2,1-3H3,(H,19,21,23).